The Morgan fingerprint density at radius 1 is 1.45 bits per heavy atom. The van der Waals surface area contributed by atoms with E-state index in [1.54, 1.807) is 13.2 Å². The standard InChI is InChI=1S/C17H25ClN2O2/c1-12(13-5-7-19-8-6-13)9-17(21)20-11-14-10-15(18)3-4-16(14)22-2/h3-4,10,12-13,19H,5-9,11H2,1-2H3,(H,20,21). The molecule has 0 aromatic heterocycles. The number of rotatable bonds is 6. The molecule has 2 N–H and O–H groups in total. The lowest BCUT2D eigenvalue weighted by atomic mass is 9.84. The quantitative estimate of drug-likeness (QED) is 0.845. The highest BCUT2D eigenvalue weighted by molar-refractivity contribution is 6.30. The van der Waals surface area contributed by atoms with E-state index in [2.05, 4.69) is 17.6 Å². The van der Waals surface area contributed by atoms with Crippen LogP contribution in [0.5, 0.6) is 5.75 Å². The lowest BCUT2D eigenvalue weighted by Crippen LogP contribution is -2.33. The third kappa shape index (κ3) is 4.89. The zero-order valence-corrected chi connectivity index (χ0v) is 14.1. The van der Waals surface area contributed by atoms with Crippen LogP contribution in [0.25, 0.3) is 0 Å². The number of halogens is 1. The molecule has 1 aliphatic heterocycles. The lowest BCUT2D eigenvalue weighted by Gasteiger charge is -2.27. The summed E-state index contributed by atoms with van der Waals surface area (Å²) in [7, 11) is 1.62. The molecule has 122 valence electrons. The van der Waals surface area contributed by atoms with Gasteiger partial charge in [-0.2, -0.15) is 0 Å². The summed E-state index contributed by atoms with van der Waals surface area (Å²) in [4.78, 5) is 12.2. The first kappa shape index (κ1) is 17.1. The first-order valence-electron chi connectivity index (χ1n) is 7.90. The van der Waals surface area contributed by atoms with Gasteiger partial charge in [-0.1, -0.05) is 18.5 Å². The van der Waals surface area contributed by atoms with Crippen molar-refractivity contribution in [2.45, 2.75) is 32.7 Å². The van der Waals surface area contributed by atoms with Crippen molar-refractivity contribution in [2.75, 3.05) is 20.2 Å². The van der Waals surface area contributed by atoms with E-state index in [9.17, 15) is 4.79 Å². The minimum Gasteiger partial charge on any atom is -0.496 e. The predicted molar refractivity (Wildman–Crippen MR) is 89.2 cm³/mol. The highest BCUT2D eigenvalue weighted by Crippen LogP contribution is 2.25. The van der Waals surface area contributed by atoms with E-state index >= 15 is 0 Å². The molecule has 1 atom stereocenters. The first-order chi connectivity index (χ1) is 10.6. The normalized spacial score (nSPS) is 17.0. The highest BCUT2D eigenvalue weighted by Gasteiger charge is 2.22. The maximum Gasteiger partial charge on any atom is 0.220 e. The molecule has 5 heteroatoms. The molecule has 1 saturated heterocycles. The van der Waals surface area contributed by atoms with Crippen molar-refractivity contribution >= 4 is 17.5 Å². The molecule has 0 aliphatic carbocycles. The van der Waals surface area contributed by atoms with Crippen molar-refractivity contribution in [3.63, 3.8) is 0 Å². The van der Waals surface area contributed by atoms with Crippen LogP contribution in [0.4, 0.5) is 0 Å². The number of nitrogens with one attached hydrogen (secondary N) is 2. The van der Waals surface area contributed by atoms with Crippen molar-refractivity contribution in [2.24, 2.45) is 11.8 Å². The third-order valence-corrected chi connectivity index (χ3v) is 4.65. The Hall–Kier alpha value is -1.26. The van der Waals surface area contributed by atoms with E-state index in [0.717, 1.165) is 37.2 Å². The van der Waals surface area contributed by atoms with Crippen molar-refractivity contribution in [1.82, 2.24) is 10.6 Å². The summed E-state index contributed by atoms with van der Waals surface area (Å²) in [5.74, 6) is 1.90. The average molecular weight is 325 g/mol. The second kappa shape index (κ2) is 8.39. The van der Waals surface area contributed by atoms with Crippen molar-refractivity contribution in [3.05, 3.63) is 28.8 Å². The largest absolute Gasteiger partial charge is 0.496 e. The Morgan fingerprint density at radius 2 is 2.18 bits per heavy atom. The average Bonchev–Trinajstić information content (AvgIpc) is 2.54. The summed E-state index contributed by atoms with van der Waals surface area (Å²) >= 11 is 6.00. The van der Waals surface area contributed by atoms with E-state index in [1.807, 2.05) is 12.1 Å². The molecule has 2 rings (SSSR count). The fraction of sp³-hybridized carbons (Fsp3) is 0.588. The Morgan fingerprint density at radius 3 is 2.86 bits per heavy atom. The van der Waals surface area contributed by atoms with Gasteiger partial charge in [-0.25, -0.2) is 0 Å². The van der Waals surface area contributed by atoms with Crippen molar-refractivity contribution in [3.8, 4) is 5.75 Å². The van der Waals surface area contributed by atoms with Gasteiger partial charge in [-0.15, -0.1) is 0 Å². The maximum atomic E-state index is 12.2. The summed E-state index contributed by atoms with van der Waals surface area (Å²) in [6.45, 7) is 4.75. The molecular weight excluding hydrogens is 300 g/mol. The summed E-state index contributed by atoms with van der Waals surface area (Å²) in [5.41, 5.74) is 0.901. The number of benzene rings is 1. The number of methoxy groups -OCH3 is 1. The molecule has 1 unspecified atom stereocenters. The van der Waals surface area contributed by atoms with Crippen LogP contribution in [0.1, 0.15) is 31.7 Å². The summed E-state index contributed by atoms with van der Waals surface area (Å²) in [6.07, 6.45) is 2.90. The Kier molecular flexibility index (Phi) is 6.52. The Labute approximate surface area is 137 Å². The first-order valence-corrected chi connectivity index (χ1v) is 8.27. The van der Waals surface area contributed by atoms with E-state index in [1.165, 1.54) is 0 Å². The molecule has 22 heavy (non-hydrogen) atoms. The second-order valence-corrected chi connectivity index (χ2v) is 6.44. The van der Waals surface area contributed by atoms with Gasteiger partial charge in [-0.05, 0) is 56.0 Å². The van der Waals surface area contributed by atoms with Gasteiger partial charge in [0.25, 0.3) is 0 Å². The molecule has 4 nitrogen and oxygen atoms in total. The van der Waals surface area contributed by atoms with Crippen molar-refractivity contribution in [1.29, 1.82) is 0 Å². The van der Waals surface area contributed by atoms with Crippen LogP contribution in [0.15, 0.2) is 18.2 Å². The SMILES string of the molecule is COc1ccc(Cl)cc1CNC(=O)CC(C)C1CCNCC1. The van der Waals surface area contributed by atoms with Crippen LogP contribution >= 0.6 is 11.6 Å². The zero-order chi connectivity index (χ0) is 15.9. The maximum absolute atomic E-state index is 12.2. The topological polar surface area (TPSA) is 50.4 Å². The van der Waals surface area contributed by atoms with E-state index in [0.29, 0.717) is 29.8 Å². The van der Waals surface area contributed by atoms with Crippen LogP contribution in [0.3, 0.4) is 0 Å². The number of hydrogen-bond donors (Lipinski definition) is 2. The minimum atomic E-state index is 0.0908. The molecule has 1 aliphatic rings. The Bertz CT molecular complexity index is 501. The summed E-state index contributed by atoms with van der Waals surface area (Å²) < 4.78 is 5.29. The molecule has 1 heterocycles. The molecule has 1 aromatic carbocycles. The van der Waals surface area contributed by atoms with Gasteiger partial charge < -0.3 is 15.4 Å². The molecule has 0 spiro atoms. The van der Waals surface area contributed by atoms with Gasteiger partial charge in [0, 0.05) is 23.6 Å². The monoisotopic (exact) mass is 324 g/mol. The van der Waals surface area contributed by atoms with Crippen LogP contribution in [0.2, 0.25) is 5.02 Å². The summed E-state index contributed by atoms with van der Waals surface area (Å²) in [5, 5.41) is 6.98. The molecule has 1 amide bonds. The number of amides is 1. The van der Waals surface area contributed by atoms with Gasteiger partial charge in [0.05, 0.1) is 7.11 Å². The fourth-order valence-electron chi connectivity index (χ4n) is 3.02. The molecule has 0 radical (unpaired) electrons. The second-order valence-electron chi connectivity index (χ2n) is 6.00. The highest BCUT2D eigenvalue weighted by atomic mass is 35.5. The van der Waals surface area contributed by atoms with Crippen LogP contribution in [0, 0.1) is 11.8 Å². The smallest absolute Gasteiger partial charge is 0.220 e. The lowest BCUT2D eigenvalue weighted by molar-refractivity contribution is -0.122. The number of piperidine rings is 1. The van der Waals surface area contributed by atoms with Crippen LogP contribution < -0.4 is 15.4 Å². The Balaban J connectivity index is 1.83. The van der Waals surface area contributed by atoms with E-state index in [4.69, 9.17) is 16.3 Å². The van der Waals surface area contributed by atoms with Gasteiger partial charge in [0.15, 0.2) is 0 Å². The third-order valence-electron chi connectivity index (χ3n) is 4.41. The zero-order valence-electron chi connectivity index (χ0n) is 13.3. The van der Waals surface area contributed by atoms with Gasteiger partial charge in [0.2, 0.25) is 5.91 Å². The van der Waals surface area contributed by atoms with Crippen LogP contribution in [-0.4, -0.2) is 26.1 Å². The van der Waals surface area contributed by atoms with Gasteiger partial charge in [-0.3, -0.25) is 4.79 Å². The molecule has 1 fully saturated rings. The molecule has 1 aromatic rings. The van der Waals surface area contributed by atoms with Crippen molar-refractivity contribution < 1.29 is 9.53 Å². The molecule has 0 saturated carbocycles. The van der Waals surface area contributed by atoms with Gasteiger partial charge in [0.1, 0.15) is 5.75 Å². The number of carbonyl (C=O) groups excluding carboxylic acids is 1. The van der Waals surface area contributed by atoms with Crippen LogP contribution in [-0.2, 0) is 11.3 Å². The number of ether oxygens (including phenoxy) is 1. The van der Waals surface area contributed by atoms with E-state index < -0.39 is 0 Å². The number of carbonyl (C=O) groups is 1. The molecular formula is C17H25ClN2O2. The number of hydrogen-bond acceptors (Lipinski definition) is 3. The van der Waals surface area contributed by atoms with E-state index in [-0.39, 0.29) is 5.91 Å². The van der Waals surface area contributed by atoms with Gasteiger partial charge >= 0.3 is 0 Å². The molecule has 0 bridgehead atoms. The minimum absolute atomic E-state index is 0.0908. The summed E-state index contributed by atoms with van der Waals surface area (Å²) in [6, 6.07) is 5.43. The predicted octanol–water partition coefficient (Wildman–Crippen LogP) is 2.99. The fourth-order valence-corrected chi connectivity index (χ4v) is 3.22.